The van der Waals surface area contributed by atoms with Gasteiger partial charge in [-0.1, -0.05) is 357 Å². The summed E-state index contributed by atoms with van der Waals surface area (Å²) in [7, 11) is -9.92. The Labute approximate surface area is 607 Å². The van der Waals surface area contributed by atoms with Gasteiger partial charge in [0.25, 0.3) is 0 Å². The van der Waals surface area contributed by atoms with Gasteiger partial charge in [0.05, 0.1) is 26.4 Å². The lowest BCUT2D eigenvalue weighted by Crippen LogP contribution is -2.30. The van der Waals surface area contributed by atoms with E-state index in [0.29, 0.717) is 25.7 Å². The van der Waals surface area contributed by atoms with Crippen LogP contribution in [0.25, 0.3) is 0 Å². The highest BCUT2D eigenvalue weighted by atomic mass is 31.2. The standard InChI is InChI=1S/C80H156O17P2/c1-9-71(6)57-49-41-33-27-23-19-16-17-21-25-29-37-47-55-62-79(84)96-75(66-90-77(82)60-52-44-35-31-30-34-42-50-58-72(7)10-2)68-94-98(86,87)92-64-74(81)65-93-99(88,89)95-69-76(67-91-78(83)61-53-45-39-38-43-51-59-73(8)11-3)97-80(85)63-54-46-36-28-24-20-15-13-12-14-18-22-26-32-40-48-56-70(4)5/h70-76,81H,9-69H2,1-8H3,(H,86,87)(H,88,89)/t71?,72?,73?,74-,75-,76-/m1/s1. The molecule has 0 aromatic rings. The second kappa shape index (κ2) is 69.1. The van der Waals surface area contributed by atoms with E-state index in [1.54, 1.807) is 0 Å². The Morgan fingerprint density at radius 1 is 0.283 bits per heavy atom. The highest BCUT2D eigenvalue weighted by Crippen LogP contribution is 2.45. The van der Waals surface area contributed by atoms with Gasteiger partial charge < -0.3 is 33.8 Å². The summed E-state index contributed by atoms with van der Waals surface area (Å²) in [5, 5.41) is 10.6. The molecule has 0 heterocycles. The molecule has 0 aliphatic rings. The van der Waals surface area contributed by atoms with E-state index >= 15 is 0 Å². The van der Waals surface area contributed by atoms with Gasteiger partial charge in [-0.05, 0) is 49.4 Å². The number of carbonyl (C=O) groups excluding carboxylic acids is 4. The van der Waals surface area contributed by atoms with Crippen LogP contribution >= 0.6 is 15.6 Å². The third-order valence-corrected chi connectivity index (χ3v) is 21.6. The number of aliphatic hydroxyl groups excluding tert-OH is 1. The molecular formula is C80H156O17P2. The number of esters is 4. The first-order valence-electron chi connectivity index (χ1n) is 41.3. The minimum absolute atomic E-state index is 0.107. The Balaban J connectivity index is 5.23. The van der Waals surface area contributed by atoms with Crippen molar-refractivity contribution < 1.29 is 80.2 Å². The van der Waals surface area contributed by atoms with Gasteiger partial charge in [-0.3, -0.25) is 37.3 Å². The first-order valence-corrected chi connectivity index (χ1v) is 44.3. The molecule has 0 bridgehead atoms. The smallest absolute Gasteiger partial charge is 0.462 e. The zero-order valence-electron chi connectivity index (χ0n) is 65.1. The van der Waals surface area contributed by atoms with Crippen LogP contribution < -0.4 is 0 Å². The van der Waals surface area contributed by atoms with Crippen LogP contribution in [-0.4, -0.2) is 96.7 Å². The lowest BCUT2D eigenvalue weighted by atomic mass is 9.99. The van der Waals surface area contributed by atoms with E-state index in [4.69, 9.17) is 37.0 Å². The van der Waals surface area contributed by atoms with E-state index in [1.165, 1.54) is 205 Å². The van der Waals surface area contributed by atoms with Gasteiger partial charge in [-0.25, -0.2) is 9.13 Å². The number of hydrogen-bond acceptors (Lipinski definition) is 15. The van der Waals surface area contributed by atoms with Gasteiger partial charge in [0.1, 0.15) is 19.3 Å². The number of carbonyl (C=O) groups is 4. The van der Waals surface area contributed by atoms with Crippen molar-refractivity contribution in [2.24, 2.45) is 23.7 Å². The third-order valence-electron chi connectivity index (χ3n) is 19.7. The van der Waals surface area contributed by atoms with E-state index in [2.05, 4.69) is 55.4 Å². The topological polar surface area (TPSA) is 237 Å². The minimum Gasteiger partial charge on any atom is -0.462 e. The van der Waals surface area contributed by atoms with Crippen LogP contribution in [0.1, 0.15) is 409 Å². The summed E-state index contributed by atoms with van der Waals surface area (Å²) >= 11 is 0. The van der Waals surface area contributed by atoms with E-state index in [9.17, 15) is 43.2 Å². The quantitative estimate of drug-likeness (QED) is 0.0222. The van der Waals surface area contributed by atoms with Crippen LogP contribution in [0.5, 0.6) is 0 Å². The normalized spacial score (nSPS) is 14.9. The van der Waals surface area contributed by atoms with Crippen LogP contribution in [0.2, 0.25) is 0 Å². The summed E-state index contributed by atoms with van der Waals surface area (Å²) in [5.74, 6) is 1.05. The number of phosphoric acid groups is 2. The molecule has 0 aliphatic carbocycles. The van der Waals surface area contributed by atoms with Crippen molar-refractivity contribution >= 4 is 39.5 Å². The second-order valence-corrected chi connectivity index (χ2v) is 32.9. The second-order valence-electron chi connectivity index (χ2n) is 30.0. The Kier molecular flexibility index (Phi) is 67.8. The zero-order chi connectivity index (χ0) is 73.1. The molecule has 0 aromatic carbocycles. The number of ether oxygens (including phenoxy) is 4. The van der Waals surface area contributed by atoms with Gasteiger partial charge in [0, 0.05) is 25.7 Å². The van der Waals surface area contributed by atoms with Gasteiger partial charge in [0.15, 0.2) is 12.2 Å². The fourth-order valence-electron chi connectivity index (χ4n) is 12.2. The fourth-order valence-corrected chi connectivity index (χ4v) is 13.7. The van der Waals surface area contributed by atoms with E-state index in [-0.39, 0.29) is 25.7 Å². The summed E-state index contributed by atoms with van der Waals surface area (Å²) in [5.41, 5.74) is 0. The molecule has 0 fully saturated rings. The molecule has 3 N–H and O–H groups in total. The summed E-state index contributed by atoms with van der Waals surface area (Å²) in [6.45, 7) is 14.3. The van der Waals surface area contributed by atoms with E-state index < -0.39 is 97.5 Å². The summed E-state index contributed by atoms with van der Waals surface area (Å²) in [6.07, 6.45) is 55.4. The van der Waals surface area contributed by atoms with Crippen molar-refractivity contribution in [2.75, 3.05) is 39.6 Å². The summed E-state index contributed by atoms with van der Waals surface area (Å²) in [4.78, 5) is 73.0. The molecule has 0 saturated heterocycles. The monoisotopic (exact) mass is 1450 g/mol. The Morgan fingerprint density at radius 3 is 0.717 bits per heavy atom. The van der Waals surface area contributed by atoms with E-state index in [0.717, 1.165) is 120 Å². The number of hydrogen-bond donors (Lipinski definition) is 3. The van der Waals surface area contributed by atoms with Crippen LogP contribution in [0.3, 0.4) is 0 Å². The maximum Gasteiger partial charge on any atom is 0.472 e. The zero-order valence-corrected chi connectivity index (χ0v) is 66.9. The van der Waals surface area contributed by atoms with E-state index in [1.807, 2.05) is 0 Å². The molecular weight excluding hydrogens is 1290 g/mol. The van der Waals surface area contributed by atoms with Gasteiger partial charge in [0.2, 0.25) is 0 Å². The maximum absolute atomic E-state index is 13.1. The molecule has 588 valence electrons. The molecule has 99 heavy (non-hydrogen) atoms. The van der Waals surface area contributed by atoms with Gasteiger partial charge >= 0.3 is 39.5 Å². The molecule has 5 unspecified atom stereocenters. The molecule has 0 aliphatic heterocycles. The fraction of sp³-hybridized carbons (Fsp3) is 0.950. The SMILES string of the molecule is CCC(C)CCCCCCCCCCCCCCCCC(=O)O[C@H](COC(=O)CCCCCCCCCCC(C)CC)COP(=O)(O)OC[C@@H](O)COP(=O)(O)OC[C@@H](COC(=O)CCCCCCCCC(C)CC)OC(=O)CCCCCCCCCCCCCCCCCCC(C)C. The molecule has 0 amide bonds. The highest BCUT2D eigenvalue weighted by molar-refractivity contribution is 7.47. The molecule has 8 atom stereocenters. The van der Waals surface area contributed by atoms with Crippen LogP contribution in [0.4, 0.5) is 0 Å². The average molecular weight is 1450 g/mol. The molecule has 0 spiro atoms. The van der Waals surface area contributed by atoms with Crippen molar-refractivity contribution in [3.63, 3.8) is 0 Å². The third kappa shape index (κ3) is 70.2. The molecule has 19 heteroatoms. The summed E-state index contributed by atoms with van der Waals surface area (Å²) in [6, 6.07) is 0. The van der Waals surface area contributed by atoms with Gasteiger partial charge in [-0.2, -0.15) is 0 Å². The largest absolute Gasteiger partial charge is 0.472 e. The number of rotatable bonds is 77. The predicted molar refractivity (Wildman–Crippen MR) is 404 cm³/mol. The lowest BCUT2D eigenvalue weighted by molar-refractivity contribution is -0.161. The Morgan fingerprint density at radius 2 is 0.485 bits per heavy atom. The first-order chi connectivity index (χ1) is 47.7. The van der Waals surface area contributed by atoms with Crippen LogP contribution in [-0.2, 0) is 65.4 Å². The average Bonchev–Trinajstić information content (AvgIpc) is 1.22. The first kappa shape index (κ1) is 97.1. The molecule has 0 aromatic heterocycles. The van der Waals surface area contributed by atoms with Crippen LogP contribution in [0, 0.1) is 23.7 Å². The van der Waals surface area contributed by atoms with Crippen molar-refractivity contribution in [2.45, 2.75) is 427 Å². The highest BCUT2D eigenvalue weighted by Gasteiger charge is 2.30. The summed E-state index contributed by atoms with van der Waals surface area (Å²) < 4.78 is 68.7. The van der Waals surface area contributed by atoms with Crippen molar-refractivity contribution in [1.29, 1.82) is 0 Å². The number of phosphoric ester groups is 2. The minimum atomic E-state index is -4.96. The number of unbranched alkanes of at least 4 members (excludes halogenated alkanes) is 40. The van der Waals surface area contributed by atoms with Crippen molar-refractivity contribution in [1.82, 2.24) is 0 Å². The molecule has 17 nitrogen and oxygen atoms in total. The maximum atomic E-state index is 13.1. The van der Waals surface area contributed by atoms with Crippen molar-refractivity contribution in [3.8, 4) is 0 Å². The lowest BCUT2D eigenvalue weighted by Gasteiger charge is -2.21. The molecule has 0 radical (unpaired) electrons. The Hall–Kier alpha value is -1.94. The molecule has 0 saturated carbocycles. The van der Waals surface area contributed by atoms with Crippen molar-refractivity contribution in [3.05, 3.63) is 0 Å². The van der Waals surface area contributed by atoms with Crippen LogP contribution in [0.15, 0.2) is 0 Å². The Bertz CT molecular complexity index is 1940. The number of aliphatic hydroxyl groups is 1. The molecule has 0 rings (SSSR count). The van der Waals surface area contributed by atoms with Gasteiger partial charge in [-0.15, -0.1) is 0 Å². The predicted octanol–water partition coefficient (Wildman–Crippen LogP) is 23.6.